The largest absolute Gasteiger partial charge is 0.354 e. The third-order valence-electron chi connectivity index (χ3n) is 6.28. The minimum Gasteiger partial charge on any atom is -0.354 e. The predicted octanol–water partition coefficient (Wildman–Crippen LogP) is 1.04. The molecule has 2 atom stereocenters. The molecule has 0 unspecified atom stereocenters. The SMILES string of the molecule is CC(=O)c1ccc(NC(=O)N2CCN(C(=O)c3cccnc3)[C@@H](C(=O)N[C@@H]3CCCNC3=O)C2)cc1. The van der Waals surface area contributed by atoms with Crippen LogP contribution in [0.4, 0.5) is 10.5 Å². The van der Waals surface area contributed by atoms with Gasteiger partial charge in [0.15, 0.2) is 5.78 Å². The Kier molecular flexibility index (Phi) is 7.57. The lowest BCUT2D eigenvalue weighted by Gasteiger charge is -2.41. The summed E-state index contributed by atoms with van der Waals surface area (Å²) in [4.78, 5) is 70.0. The Balaban J connectivity index is 1.50. The van der Waals surface area contributed by atoms with Crippen molar-refractivity contribution in [2.45, 2.75) is 31.8 Å². The molecule has 188 valence electrons. The van der Waals surface area contributed by atoms with E-state index >= 15 is 0 Å². The van der Waals surface area contributed by atoms with Gasteiger partial charge in [0, 0.05) is 43.3 Å². The summed E-state index contributed by atoms with van der Waals surface area (Å²) in [5.41, 5.74) is 1.35. The lowest BCUT2D eigenvalue weighted by Crippen LogP contribution is -2.64. The number of piperidine rings is 1. The summed E-state index contributed by atoms with van der Waals surface area (Å²) in [7, 11) is 0. The highest BCUT2D eigenvalue weighted by Crippen LogP contribution is 2.18. The number of pyridine rings is 1. The highest BCUT2D eigenvalue weighted by atomic mass is 16.2. The van der Waals surface area contributed by atoms with Gasteiger partial charge in [-0.05, 0) is 56.2 Å². The van der Waals surface area contributed by atoms with Crippen LogP contribution in [-0.4, -0.2) is 82.6 Å². The van der Waals surface area contributed by atoms with Crippen LogP contribution in [0.3, 0.4) is 0 Å². The van der Waals surface area contributed by atoms with Crippen LogP contribution in [0.25, 0.3) is 0 Å². The van der Waals surface area contributed by atoms with Gasteiger partial charge in [0.2, 0.25) is 11.8 Å². The number of benzene rings is 1. The van der Waals surface area contributed by atoms with Crippen LogP contribution >= 0.6 is 0 Å². The first-order valence-electron chi connectivity index (χ1n) is 11.8. The standard InChI is InChI=1S/C25H28N6O5/c1-16(32)17-6-8-19(9-7-17)28-25(36)30-12-13-31(24(35)18-4-2-10-26-14-18)21(15-30)23(34)29-20-5-3-11-27-22(20)33/h2,4,6-10,14,20-21H,3,5,11-13,15H2,1H3,(H,27,33)(H,28,36)(H,29,34)/t20-,21-/m1/s1. The fourth-order valence-electron chi connectivity index (χ4n) is 4.26. The number of hydrogen-bond acceptors (Lipinski definition) is 6. The van der Waals surface area contributed by atoms with Gasteiger partial charge in [-0.15, -0.1) is 0 Å². The number of rotatable bonds is 5. The molecule has 0 saturated carbocycles. The van der Waals surface area contributed by atoms with Gasteiger partial charge < -0.3 is 25.8 Å². The molecule has 0 radical (unpaired) electrons. The zero-order valence-electron chi connectivity index (χ0n) is 19.9. The van der Waals surface area contributed by atoms with Gasteiger partial charge in [-0.25, -0.2) is 4.79 Å². The molecule has 0 spiro atoms. The van der Waals surface area contributed by atoms with E-state index in [1.165, 1.54) is 22.9 Å². The fraction of sp³-hybridized carbons (Fsp3) is 0.360. The molecule has 36 heavy (non-hydrogen) atoms. The Morgan fingerprint density at radius 3 is 2.50 bits per heavy atom. The summed E-state index contributed by atoms with van der Waals surface area (Å²) in [6.07, 6.45) is 4.21. The van der Waals surface area contributed by atoms with Gasteiger partial charge in [-0.2, -0.15) is 0 Å². The van der Waals surface area contributed by atoms with Crippen LogP contribution in [0.5, 0.6) is 0 Å². The van der Waals surface area contributed by atoms with Crippen molar-refractivity contribution in [2.24, 2.45) is 0 Å². The predicted molar refractivity (Wildman–Crippen MR) is 130 cm³/mol. The quantitative estimate of drug-likeness (QED) is 0.533. The molecule has 11 heteroatoms. The Hall–Kier alpha value is -4.28. The number of ketones is 1. The van der Waals surface area contributed by atoms with Gasteiger partial charge in [0.25, 0.3) is 5.91 Å². The molecule has 3 N–H and O–H groups in total. The van der Waals surface area contributed by atoms with E-state index in [4.69, 9.17) is 0 Å². The number of nitrogens with one attached hydrogen (secondary N) is 3. The average molecular weight is 493 g/mol. The molecular weight excluding hydrogens is 464 g/mol. The third kappa shape index (κ3) is 5.68. The summed E-state index contributed by atoms with van der Waals surface area (Å²) < 4.78 is 0. The van der Waals surface area contributed by atoms with E-state index in [9.17, 15) is 24.0 Å². The topological polar surface area (TPSA) is 141 Å². The first kappa shape index (κ1) is 24.8. The van der Waals surface area contributed by atoms with Gasteiger partial charge in [-0.3, -0.25) is 24.2 Å². The zero-order chi connectivity index (χ0) is 25.7. The van der Waals surface area contributed by atoms with E-state index in [1.807, 2.05) is 0 Å². The van der Waals surface area contributed by atoms with Crippen molar-refractivity contribution < 1.29 is 24.0 Å². The van der Waals surface area contributed by atoms with Crippen molar-refractivity contribution in [2.75, 3.05) is 31.5 Å². The molecule has 0 aliphatic carbocycles. The Morgan fingerprint density at radius 1 is 1.06 bits per heavy atom. The number of hydrogen-bond donors (Lipinski definition) is 3. The highest BCUT2D eigenvalue weighted by molar-refractivity contribution is 5.99. The van der Waals surface area contributed by atoms with Crippen LogP contribution in [0.15, 0.2) is 48.8 Å². The second kappa shape index (κ2) is 11.0. The average Bonchev–Trinajstić information content (AvgIpc) is 2.90. The maximum atomic E-state index is 13.3. The van der Waals surface area contributed by atoms with Crippen molar-refractivity contribution in [1.82, 2.24) is 25.4 Å². The Morgan fingerprint density at radius 2 is 1.83 bits per heavy atom. The maximum absolute atomic E-state index is 13.3. The molecule has 3 heterocycles. The van der Waals surface area contributed by atoms with E-state index in [0.717, 1.165) is 6.42 Å². The Labute approximate surface area is 208 Å². The molecule has 2 aliphatic rings. The molecule has 2 aliphatic heterocycles. The smallest absolute Gasteiger partial charge is 0.321 e. The molecule has 2 fully saturated rings. The van der Waals surface area contributed by atoms with E-state index in [-0.39, 0.29) is 37.2 Å². The molecule has 1 aromatic heterocycles. The summed E-state index contributed by atoms with van der Waals surface area (Å²) in [6.45, 7) is 2.30. The number of nitrogens with zero attached hydrogens (tertiary/aromatic N) is 3. The Bertz CT molecular complexity index is 1150. The monoisotopic (exact) mass is 492 g/mol. The molecule has 2 aromatic rings. The lowest BCUT2D eigenvalue weighted by atomic mass is 10.0. The first-order chi connectivity index (χ1) is 17.3. The highest BCUT2D eigenvalue weighted by Gasteiger charge is 2.39. The third-order valence-corrected chi connectivity index (χ3v) is 6.28. The van der Waals surface area contributed by atoms with Gasteiger partial charge >= 0.3 is 6.03 Å². The second-order valence-electron chi connectivity index (χ2n) is 8.76. The minimum atomic E-state index is -0.993. The zero-order valence-corrected chi connectivity index (χ0v) is 19.9. The molecule has 5 amide bonds. The number of aromatic nitrogens is 1. The van der Waals surface area contributed by atoms with E-state index in [1.54, 1.807) is 42.6 Å². The van der Waals surface area contributed by atoms with Crippen LogP contribution in [0, 0.1) is 0 Å². The number of Topliss-reactive ketones (excluding diaryl/α,β-unsaturated/α-hetero) is 1. The number of piperazine rings is 1. The number of carbonyl (C=O) groups is 5. The molecule has 4 rings (SSSR count). The summed E-state index contributed by atoms with van der Waals surface area (Å²) >= 11 is 0. The molecule has 1 aromatic carbocycles. The molecular formula is C25H28N6O5. The van der Waals surface area contributed by atoms with Crippen molar-refractivity contribution in [3.8, 4) is 0 Å². The van der Waals surface area contributed by atoms with Crippen molar-refractivity contribution in [1.29, 1.82) is 0 Å². The number of amides is 5. The maximum Gasteiger partial charge on any atom is 0.321 e. The second-order valence-corrected chi connectivity index (χ2v) is 8.76. The van der Waals surface area contributed by atoms with Gasteiger partial charge in [0.05, 0.1) is 12.1 Å². The molecule has 11 nitrogen and oxygen atoms in total. The van der Waals surface area contributed by atoms with Gasteiger partial charge in [-0.1, -0.05) is 0 Å². The number of urea groups is 1. The lowest BCUT2D eigenvalue weighted by molar-refractivity contribution is -0.133. The van der Waals surface area contributed by atoms with E-state index < -0.39 is 24.0 Å². The minimum absolute atomic E-state index is 0.0520. The van der Waals surface area contributed by atoms with Crippen molar-refractivity contribution in [3.05, 3.63) is 59.9 Å². The molecule has 2 saturated heterocycles. The van der Waals surface area contributed by atoms with Crippen molar-refractivity contribution in [3.63, 3.8) is 0 Å². The summed E-state index contributed by atoms with van der Waals surface area (Å²) in [5.74, 6) is -1.23. The summed E-state index contributed by atoms with van der Waals surface area (Å²) in [5, 5.41) is 8.25. The molecule has 0 bridgehead atoms. The van der Waals surface area contributed by atoms with Crippen molar-refractivity contribution >= 4 is 35.2 Å². The van der Waals surface area contributed by atoms with E-state index in [2.05, 4.69) is 20.9 Å². The van der Waals surface area contributed by atoms with Crippen LogP contribution in [-0.2, 0) is 9.59 Å². The number of carbonyl (C=O) groups excluding carboxylic acids is 5. The van der Waals surface area contributed by atoms with Crippen LogP contribution in [0.2, 0.25) is 0 Å². The van der Waals surface area contributed by atoms with E-state index in [0.29, 0.717) is 29.8 Å². The fourth-order valence-corrected chi connectivity index (χ4v) is 4.26. The summed E-state index contributed by atoms with van der Waals surface area (Å²) in [6, 6.07) is 7.62. The van der Waals surface area contributed by atoms with Crippen LogP contribution < -0.4 is 16.0 Å². The first-order valence-corrected chi connectivity index (χ1v) is 11.8. The normalized spacial score (nSPS) is 19.8. The van der Waals surface area contributed by atoms with Crippen LogP contribution in [0.1, 0.15) is 40.5 Å². The number of anilines is 1. The van der Waals surface area contributed by atoms with Gasteiger partial charge in [0.1, 0.15) is 12.1 Å².